The second-order valence-corrected chi connectivity index (χ2v) is 8.47. The van der Waals surface area contributed by atoms with Gasteiger partial charge in [0.05, 0.1) is 10.6 Å². The van der Waals surface area contributed by atoms with Crippen molar-refractivity contribution >= 4 is 15.7 Å². The van der Waals surface area contributed by atoms with Crippen LogP contribution in [0.15, 0.2) is 53.7 Å². The maximum Gasteiger partial charge on any atom is 0.243 e. The molecule has 0 saturated heterocycles. The molecule has 6 heteroatoms. The van der Waals surface area contributed by atoms with Crippen molar-refractivity contribution in [2.45, 2.75) is 38.5 Å². The summed E-state index contributed by atoms with van der Waals surface area (Å²) in [7, 11) is -3.49. The fraction of sp³-hybridized carbons (Fsp3) is 0.350. The van der Waals surface area contributed by atoms with Gasteiger partial charge < -0.3 is 4.40 Å². The van der Waals surface area contributed by atoms with E-state index < -0.39 is 10.0 Å². The van der Waals surface area contributed by atoms with Gasteiger partial charge in [0, 0.05) is 31.0 Å². The van der Waals surface area contributed by atoms with Crippen molar-refractivity contribution < 1.29 is 8.42 Å². The summed E-state index contributed by atoms with van der Waals surface area (Å²) >= 11 is 0. The molecule has 0 atom stereocenters. The first-order valence-corrected chi connectivity index (χ1v) is 10.5. The Bertz CT molecular complexity index is 1000. The van der Waals surface area contributed by atoms with Crippen molar-refractivity contribution in [3.63, 3.8) is 0 Å². The largest absolute Gasteiger partial charge is 0.306 e. The molecule has 0 aliphatic heterocycles. The van der Waals surface area contributed by atoms with Gasteiger partial charge >= 0.3 is 0 Å². The average molecular weight is 372 g/mol. The Labute approximate surface area is 155 Å². The summed E-state index contributed by atoms with van der Waals surface area (Å²) < 4.78 is 29.6. The van der Waals surface area contributed by atoms with Gasteiger partial charge in [-0.15, -0.1) is 0 Å². The predicted octanol–water partition coefficient (Wildman–Crippen LogP) is 4.12. The van der Waals surface area contributed by atoms with Crippen LogP contribution < -0.4 is 0 Å². The average Bonchev–Trinajstić information content (AvgIpc) is 3.05. The van der Waals surface area contributed by atoms with Gasteiger partial charge in [-0.05, 0) is 43.5 Å². The van der Waals surface area contributed by atoms with E-state index in [4.69, 9.17) is 0 Å². The number of benzene rings is 1. The summed E-state index contributed by atoms with van der Waals surface area (Å²) in [5.74, 6) is 0. The van der Waals surface area contributed by atoms with E-state index in [1.165, 1.54) is 0 Å². The van der Waals surface area contributed by atoms with Crippen molar-refractivity contribution in [1.29, 1.82) is 0 Å². The summed E-state index contributed by atoms with van der Waals surface area (Å²) in [6.45, 7) is 7.09. The van der Waals surface area contributed by atoms with Crippen LogP contribution in [0.25, 0.3) is 16.9 Å². The summed E-state index contributed by atoms with van der Waals surface area (Å²) in [6.07, 6.45) is 5.54. The number of fused-ring (bicyclic) bond motifs is 1. The summed E-state index contributed by atoms with van der Waals surface area (Å²) in [4.78, 5) is 4.94. The Morgan fingerprint density at radius 3 is 2.46 bits per heavy atom. The van der Waals surface area contributed by atoms with Crippen LogP contribution in [0.5, 0.6) is 0 Å². The lowest BCUT2D eigenvalue weighted by Gasteiger charge is -2.21. The van der Waals surface area contributed by atoms with Gasteiger partial charge in [0.1, 0.15) is 5.65 Å². The molecule has 0 amide bonds. The molecule has 0 saturated carbocycles. The van der Waals surface area contributed by atoms with Gasteiger partial charge in [-0.25, -0.2) is 13.4 Å². The first kappa shape index (κ1) is 18.6. The Hall–Kier alpha value is -2.18. The molecule has 1 aromatic carbocycles. The minimum Gasteiger partial charge on any atom is -0.306 e. The molecule has 0 aliphatic carbocycles. The minimum atomic E-state index is -3.49. The monoisotopic (exact) mass is 371 g/mol. The number of nitrogens with zero attached hydrogens (tertiary/aromatic N) is 3. The van der Waals surface area contributed by atoms with Gasteiger partial charge in [-0.1, -0.05) is 32.0 Å². The molecule has 2 aromatic heterocycles. The van der Waals surface area contributed by atoms with Gasteiger partial charge in [0.2, 0.25) is 10.0 Å². The lowest BCUT2D eigenvalue weighted by Crippen LogP contribution is -2.32. The van der Waals surface area contributed by atoms with Crippen molar-refractivity contribution in [3.05, 3.63) is 54.4 Å². The Kier molecular flexibility index (Phi) is 5.44. The predicted molar refractivity (Wildman–Crippen MR) is 105 cm³/mol. The second kappa shape index (κ2) is 7.60. The van der Waals surface area contributed by atoms with Gasteiger partial charge in [0.15, 0.2) is 0 Å². The molecule has 0 N–H and O–H groups in total. The molecule has 0 aliphatic rings. The highest BCUT2D eigenvalue weighted by atomic mass is 32.2. The molecule has 0 fully saturated rings. The Morgan fingerprint density at radius 1 is 1.04 bits per heavy atom. The fourth-order valence-electron chi connectivity index (χ4n) is 3.06. The van der Waals surface area contributed by atoms with Crippen molar-refractivity contribution in [3.8, 4) is 11.3 Å². The number of aryl methyl sites for hydroxylation is 1. The van der Waals surface area contributed by atoms with Crippen LogP contribution in [-0.2, 0) is 10.0 Å². The molecular weight excluding hydrogens is 346 g/mol. The molecule has 3 rings (SSSR count). The van der Waals surface area contributed by atoms with E-state index in [0.29, 0.717) is 18.0 Å². The topological polar surface area (TPSA) is 54.7 Å². The standard InChI is InChI=1S/C20H25N3O2S/c1-4-11-23(12-5-2)26(24,25)18-8-6-7-17(13-18)19-15-22-14-16(3)9-10-20(22)21-19/h6-10,13-15H,4-5,11-12H2,1-3H3. The lowest BCUT2D eigenvalue weighted by molar-refractivity contribution is 0.410. The smallest absolute Gasteiger partial charge is 0.243 e. The number of sulfonamides is 1. The first-order valence-electron chi connectivity index (χ1n) is 9.01. The normalized spacial score (nSPS) is 12.2. The van der Waals surface area contributed by atoms with Crippen LogP contribution >= 0.6 is 0 Å². The summed E-state index contributed by atoms with van der Waals surface area (Å²) in [5.41, 5.74) is 3.57. The number of hydrogen-bond donors (Lipinski definition) is 0. The second-order valence-electron chi connectivity index (χ2n) is 6.53. The molecule has 0 bridgehead atoms. The van der Waals surface area contributed by atoms with Gasteiger partial charge in [-0.2, -0.15) is 4.31 Å². The van der Waals surface area contributed by atoms with E-state index in [1.807, 2.05) is 55.8 Å². The van der Waals surface area contributed by atoms with Crippen LogP contribution in [-0.4, -0.2) is 35.2 Å². The zero-order chi connectivity index (χ0) is 18.7. The molecule has 138 valence electrons. The molecule has 2 heterocycles. The molecular formula is C20H25N3O2S. The molecule has 0 spiro atoms. The summed E-state index contributed by atoms with van der Waals surface area (Å²) in [5, 5.41) is 0. The minimum absolute atomic E-state index is 0.324. The quantitative estimate of drug-likeness (QED) is 0.628. The number of imidazole rings is 1. The highest BCUT2D eigenvalue weighted by Crippen LogP contribution is 2.24. The Balaban J connectivity index is 2.01. The van der Waals surface area contributed by atoms with E-state index in [9.17, 15) is 8.42 Å². The molecule has 0 radical (unpaired) electrons. The lowest BCUT2D eigenvalue weighted by atomic mass is 10.2. The van der Waals surface area contributed by atoms with E-state index in [-0.39, 0.29) is 0 Å². The third-order valence-electron chi connectivity index (χ3n) is 4.31. The Morgan fingerprint density at radius 2 is 1.77 bits per heavy atom. The number of rotatable bonds is 7. The van der Waals surface area contributed by atoms with E-state index >= 15 is 0 Å². The highest BCUT2D eigenvalue weighted by molar-refractivity contribution is 7.89. The zero-order valence-corrected chi connectivity index (χ0v) is 16.3. The van der Waals surface area contributed by atoms with Crippen molar-refractivity contribution in [2.75, 3.05) is 13.1 Å². The van der Waals surface area contributed by atoms with E-state index in [0.717, 1.165) is 35.3 Å². The fourth-order valence-corrected chi connectivity index (χ4v) is 4.73. The van der Waals surface area contributed by atoms with Gasteiger partial charge in [0.25, 0.3) is 0 Å². The first-order chi connectivity index (χ1) is 12.5. The maximum absolute atomic E-state index is 13.0. The molecule has 3 aromatic rings. The molecule has 26 heavy (non-hydrogen) atoms. The van der Waals surface area contributed by atoms with Crippen LogP contribution in [0.1, 0.15) is 32.3 Å². The SMILES string of the molecule is CCCN(CCC)S(=O)(=O)c1cccc(-c2cn3cc(C)ccc3n2)c1. The highest BCUT2D eigenvalue weighted by Gasteiger charge is 2.23. The summed E-state index contributed by atoms with van der Waals surface area (Å²) in [6, 6.07) is 11.1. The molecule has 0 unspecified atom stereocenters. The third-order valence-corrected chi connectivity index (χ3v) is 6.21. The maximum atomic E-state index is 13.0. The molecule has 5 nitrogen and oxygen atoms in total. The van der Waals surface area contributed by atoms with Crippen molar-refractivity contribution in [2.24, 2.45) is 0 Å². The van der Waals surface area contributed by atoms with E-state index in [1.54, 1.807) is 22.5 Å². The number of pyridine rings is 1. The van der Waals surface area contributed by atoms with Gasteiger partial charge in [-0.3, -0.25) is 0 Å². The van der Waals surface area contributed by atoms with E-state index in [2.05, 4.69) is 4.98 Å². The van der Waals surface area contributed by atoms with Crippen molar-refractivity contribution in [1.82, 2.24) is 13.7 Å². The third kappa shape index (κ3) is 3.66. The van der Waals surface area contributed by atoms with Crippen LogP contribution in [0.3, 0.4) is 0 Å². The number of aromatic nitrogens is 2. The van der Waals surface area contributed by atoms with Crippen LogP contribution in [0.2, 0.25) is 0 Å². The number of hydrogen-bond acceptors (Lipinski definition) is 3. The van der Waals surface area contributed by atoms with Crippen LogP contribution in [0.4, 0.5) is 0 Å². The van der Waals surface area contributed by atoms with Crippen LogP contribution in [0, 0.1) is 6.92 Å². The zero-order valence-electron chi connectivity index (χ0n) is 15.5.